The zero-order chi connectivity index (χ0) is 18.0. The zero-order valence-electron chi connectivity index (χ0n) is 14.2. The molecule has 0 atom stereocenters. The summed E-state index contributed by atoms with van der Waals surface area (Å²) < 4.78 is 1.72. The number of nitrogens with one attached hydrogen (secondary N) is 1. The molecule has 0 aliphatic carbocycles. The molecular formula is C19H20N4O2. The summed E-state index contributed by atoms with van der Waals surface area (Å²) in [5, 5.41) is 0.886. The Morgan fingerprint density at radius 1 is 1.36 bits per heavy atom. The molecule has 0 bridgehead atoms. The predicted molar refractivity (Wildman–Crippen MR) is 98.9 cm³/mol. The number of fused-ring (bicyclic) bond motifs is 1. The van der Waals surface area contributed by atoms with Gasteiger partial charge in [0, 0.05) is 53.8 Å². The molecule has 3 aromatic rings. The number of primary amides is 1. The first-order valence-corrected chi connectivity index (χ1v) is 8.09. The lowest BCUT2D eigenvalue weighted by atomic mass is 10.1. The van der Waals surface area contributed by atoms with Crippen LogP contribution < -0.4 is 11.3 Å². The summed E-state index contributed by atoms with van der Waals surface area (Å²) in [7, 11) is 0. The summed E-state index contributed by atoms with van der Waals surface area (Å²) in [6, 6.07) is 5.36. The Hall–Kier alpha value is -3.15. The first-order valence-electron chi connectivity index (χ1n) is 8.09. The minimum absolute atomic E-state index is 0.0155. The van der Waals surface area contributed by atoms with E-state index in [-0.39, 0.29) is 5.56 Å². The van der Waals surface area contributed by atoms with Gasteiger partial charge in [-0.05, 0) is 29.7 Å². The lowest BCUT2D eigenvalue weighted by Crippen LogP contribution is -2.20. The Morgan fingerprint density at radius 2 is 2.16 bits per heavy atom. The smallest absolute Gasteiger partial charge is 0.250 e. The number of carbonyl (C=O) groups is 1. The molecule has 3 heterocycles. The first-order chi connectivity index (χ1) is 11.9. The number of nitrogens with two attached hydrogens (primary N) is 1. The van der Waals surface area contributed by atoms with Crippen LogP contribution in [0, 0.1) is 5.92 Å². The van der Waals surface area contributed by atoms with E-state index < -0.39 is 5.91 Å². The third kappa shape index (κ3) is 3.68. The van der Waals surface area contributed by atoms with Crippen molar-refractivity contribution in [2.75, 3.05) is 0 Å². The van der Waals surface area contributed by atoms with Crippen molar-refractivity contribution in [1.29, 1.82) is 0 Å². The summed E-state index contributed by atoms with van der Waals surface area (Å²) in [6.45, 7) is 4.81. The van der Waals surface area contributed by atoms with Crippen LogP contribution in [0.2, 0.25) is 0 Å². The van der Waals surface area contributed by atoms with Gasteiger partial charge in [0.1, 0.15) is 5.65 Å². The van der Waals surface area contributed by atoms with E-state index in [4.69, 9.17) is 5.73 Å². The number of rotatable bonds is 5. The van der Waals surface area contributed by atoms with E-state index in [1.54, 1.807) is 35.2 Å². The van der Waals surface area contributed by atoms with E-state index in [9.17, 15) is 9.59 Å². The fourth-order valence-electron chi connectivity index (χ4n) is 2.73. The molecule has 1 amide bonds. The standard InChI is InChI=1S/C19H20N4O2/c1-12(2)10-23-11-14(4-6-18(23)25)15-7-16-13(3-5-17(20)24)8-21-19(16)22-9-15/h3-9,11-12H,10H2,1-2H3,(H2,20,24)(H,21,22). The van der Waals surface area contributed by atoms with Crippen LogP contribution in [-0.2, 0) is 11.3 Å². The van der Waals surface area contributed by atoms with Crippen molar-refractivity contribution in [1.82, 2.24) is 14.5 Å². The fourth-order valence-corrected chi connectivity index (χ4v) is 2.73. The molecule has 3 aromatic heterocycles. The van der Waals surface area contributed by atoms with Crippen molar-refractivity contribution in [3.63, 3.8) is 0 Å². The van der Waals surface area contributed by atoms with Crippen LogP contribution in [0.4, 0.5) is 0 Å². The predicted octanol–water partition coefficient (Wildman–Crippen LogP) is 2.55. The molecule has 0 saturated heterocycles. The monoisotopic (exact) mass is 336 g/mol. The van der Waals surface area contributed by atoms with Gasteiger partial charge in [-0.2, -0.15) is 0 Å². The van der Waals surface area contributed by atoms with Gasteiger partial charge in [-0.15, -0.1) is 0 Å². The Morgan fingerprint density at radius 3 is 2.88 bits per heavy atom. The summed E-state index contributed by atoms with van der Waals surface area (Å²) in [4.78, 5) is 30.4. The number of nitrogens with zero attached hydrogens (tertiary/aromatic N) is 2. The van der Waals surface area contributed by atoms with E-state index in [1.807, 2.05) is 12.3 Å². The topological polar surface area (TPSA) is 93.8 Å². The minimum Gasteiger partial charge on any atom is -0.366 e. The fraction of sp³-hybridized carbons (Fsp3) is 0.211. The molecule has 0 aliphatic heterocycles. The molecular weight excluding hydrogens is 316 g/mol. The second kappa shape index (κ2) is 6.76. The third-order valence-corrected chi connectivity index (χ3v) is 3.87. The Bertz CT molecular complexity index is 1010. The number of hydrogen-bond acceptors (Lipinski definition) is 3. The van der Waals surface area contributed by atoms with E-state index in [0.717, 1.165) is 27.7 Å². The molecule has 3 rings (SSSR count). The largest absolute Gasteiger partial charge is 0.366 e. The van der Waals surface area contributed by atoms with Gasteiger partial charge in [0.05, 0.1) is 0 Å². The van der Waals surface area contributed by atoms with Gasteiger partial charge in [0.25, 0.3) is 5.56 Å². The van der Waals surface area contributed by atoms with Gasteiger partial charge in [-0.3, -0.25) is 9.59 Å². The summed E-state index contributed by atoms with van der Waals surface area (Å²) in [5.41, 5.74) is 8.52. The van der Waals surface area contributed by atoms with Crippen molar-refractivity contribution < 1.29 is 4.79 Å². The zero-order valence-corrected chi connectivity index (χ0v) is 14.2. The summed E-state index contributed by atoms with van der Waals surface area (Å²) in [5.74, 6) is -0.122. The van der Waals surface area contributed by atoms with Crippen molar-refractivity contribution in [3.05, 3.63) is 58.8 Å². The molecule has 0 fully saturated rings. The minimum atomic E-state index is -0.501. The second-order valence-corrected chi connectivity index (χ2v) is 6.40. The van der Waals surface area contributed by atoms with Gasteiger partial charge in [-0.1, -0.05) is 13.8 Å². The van der Waals surface area contributed by atoms with Crippen LogP contribution in [0.1, 0.15) is 19.4 Å². The lowest BCUT2D eigenvalue weighted by Gasteiger charge is -2.10. The molecule has 6 nitrogen and oxygen atoms in total. The SMILES string of the molecule is CC(C)Cn1cc(-c2cnc3[nH]cc(C=CC(N)=O)c3c2)ccc1=O. The Balaban J connectivity index is 2.05. The summed E-state index contributed by atoms with van der Waals surface area (Å²) >= 11 is 0. The van der Waals surface area contributed by atoms with Crippen LogP contribution in [-0.4, -0.2) is 20.4 Å². The highest BCUT2D eigenvalue weighted by Gasteiger charge is 2.08. The number of H-pyrrole nitrogens is 1. The molecule has 0 spiro atoms. The second-order valence-electron chi connectivity index (χ2n) is 6.40. The van der Waals surface area contributed by atoms with Crippen LogP contribution in [0.3, 0.4) is 0 Å². The normalized spacial score (nSPS) is 11.6. The van der Waals surface area contributed by atoms with E-state index in [2.05, 4.69) is 23.8 Å². The van der Waals surface area contributed by atoms with Crippen LogP contribution >= 0.6 is 0 Å². The number of pyridine rings is 2. The van der Waals surface area contributed by atoms with Crippen molar-refractivity contribution >= 4 is 23.0 Å². The van der Waals surface area contributed by atoms with E-state index in [0.29, 0.717) is 12.5 Å². The van der Waals surface area contributed by atoms with Gasteiger partial charge >= 0.3 is 0 Å². The number of aromatic amines is 1. The molecule has 0 aromatic carbocycles. The maximum Gasteiger partial charge on any atom is 0.250 e. The molecule has 0 saturated carbocycles. The molecule has 3 N–H and O–H groups in total. The van der Waals surface area contributed by atoms with Crippen LogP contribution in [0.25, 0.3) is 28.2 Å². The van der Waals surface area contributed by atoms with Gasteiger partial charge in [0.2, 0.25) is 5.91 Å². The number of hydrogen-bond donors (Lipinski definition) is 2. The van der Waals surface area contributed by atoms with Crippen molar-refractivity contribution in [3.8, 4) is 11.1 Å². The van der Waals surface area contributed by atoms with Crippen LogP contribution in [0.15, 0.2) is 47.7 Å². The third-order valence-electron chi connectivity index (χ3n) is 3.87. The maximum absolute atomic E-state index is 12.0. The van der Waals surface area contributed by atoms with Gasteiger partial charge in [0.15, 0.2) is 0 Å². The number of aromatic nitrogens is 3. The van der Waals surface area contributed by atoms with Gasteiger partial charge < -0.3 is 15.3 Å². The Kier molecular flexibility index (Phi) is 4.52. The van der Waals surface area contributed by atoms with Crippen LogP contribution in [0.5, 0.6) is 0 Å². The Labute approximate surface area is 145 Å². The molecule has 0 unspecified atom stereocenters. The maximum atomic E-state index is 12.0. The van der Waals surface area contributed by atoms with Gasteiger partial charge in [-0.25, -0.2) is 4.98 Å². The first kappa shape index (κ1) is 16.7. The highest BCUT2D eigenvalue weighted by atomic mass is 16.1. The lowest BCUT2D eigenvalue weighted by molar-refractivity contribution is -0.113. The molecule has 25 heavy (non-hydrogen) atoms. The molecule has 128 valence electrons. The molecule has 6 heteroatoms. The molecule has 0 aliphatic rings. The number of amides is 1. The van der Waals surface area contributed by atoms with E-state index in [1.165, 1.54) is 6.08 Å². The average molecular weight is 336 g/mol. The highest BCUT2D eigenvalue weighted by molar-refractivity contribution is 5.95. The quantitative estimate of drug-likeness (QED) is 0.701. The highest BCUT2D eigenvalue weighted by Crippen LogP contribution is 2.25. The number of carbonyl (C=O) groups excluding carboxylic acids is 1. The van der Waals surface area contributed by atoms with Crippen molar-refractivity contribution in [2.24, 2.45) is 11.7 Å². The van der Waals surface area contributed by atoms with E-state index >= 15 is 0 Å². The average Bonchev–Trinajstić information content (AvgIpc) is 2.97. The summed E-state index contributed by atoms with van der Waals surface area (Å²) in [6.07, 6.45) is 8.38. The molecule has 0 radical (unpaired) electrons. The van der Waals surface area contributed by atoms with Crippen molar-refractivity contribution in [2.45, 2.75) is 20.4 Å².